The highest BCUT2D eigenvalue weighted by molar-refractivity contribution is 8.00. The zero-order chi connectivity index (χ0) is 100. The summed E-state index contributed by atoms with van der Waals surface area (Å²) in [6, 6.07) is -2.25. The molecule has 5 heterocycles. The van der Waals surface area contributed by atoms with E-state index in [1.54, 1.807) is 76.4 Å². The standard InChI is InChI=1S/C93H134N20O22S/c1-12-14-21-72-87(128)102-64(33-50(3)4)85(126)107-70(83(124)99-44-78(97)118)48-136-49-79(119)100-66(35-53-24-26-57(114)27-25-53)89(130)108(8)52(7)81(122)103-68(41-77(96)117)91(132)112-32-18-23-73(112)88(129)106-69(42-95)86(127)104-65(34-51(5)6)92(133)113-46-58(115)39-75(113)76(116)38-54(36-55-43-98-62-20-17-16-19-60(55)62)82(123)101-63(30-31-94)84(125)105-67(90(131)110(10)74(22-15-13-2)93(134)109(72)9)37-56-45-111(47-80(120)121)71-29-28-59(135-11)40-61(56)71/h16-17,19-20,24-29,40,43,45,50-52,54,58,63-70,72-75,98,114-115H,12-15,18,21-23,30-39,41-42,44,46-49,94-95H2,1-11H3,(H2,96,117)(H2,97,118)(H,99,124)(H,100,119)(H,101,123)(H,102,128)(H,103,122)(H,104,127)(H,105,125)(H,106,129)(H,107,126)(H,120,121)/t52-,54+,58+,63-,64-,65-,66-,67-,68-,69-,70-,72-,73-,74-,75-/m0/s1. The molecule has 0 spiro atoms. The van der Waals surface area contributed by atoms with Crippen molar-refractivity contribution in [3.63, 3.8) is 0 Å². The summed E-state index contributed by atoms with van der Waals surface area (Å²) >= 11 is 0.784. The molecule has 5 aromatic rings. The molecule has 3 fully saturated rings. The van der Waals surface area contributed by atoms with Gasteiger partial charge in [0.15, 0.2) is 5.78 Å². The number of aromatic hydroxyl groups is 1. The number of aliphatic hydroxyl groups is 1. The molecule has 3 aliphatic heterocycles. The van der Waals surface area contributed by atoms with E-state index >= 15 is 33.6 Å². The Hall–Kier alpha value is -12.8. The highest BCUT2D eigenvalue weighted by Crippen LogP contribution is 2.32. The molecule has 136 heavy (non-hydrogen) atoms. The summed E-state index contributed by atoms with van der Waals surface area (Å²) in [7, 11) is 5.32. The number of rotatable bonds is 27. The number of carbonyl (C=O) groups excluding carboxylic acids is 17. The highest BCUT2D eigenvalue weighted by Gasteiger charge is 2.47. The van der Waals surface area contributed by atoms with Gasteiger partial charge < -0.3 is 125 Å². The average Bonchev–Trinajstić information content (AvgIpc) is 1.63. The number of aliphatic carboxylic acids is 1. The summed E-state index contributed by atoms with van der Waals surface area (Å²) in [6.45, 7) is 9.29. The fraction of sp³-hybridized carbons (Fsp3) is 0.570. The first-order valence-corrected chi connectivity index (χ1v) is 47.2. The molecular weight excluding hydrogens is 1780 g/mol. The number of methoxy groups -OCH3 is 1. The number of ether oxygens (including phenoxy) is 1. The minimum atomic E-state index is -1.77. The number of para-hydroxylation sites is 1. The van der Waals surface area contributed by atoms with Gasteiger partial charge in [-0.15, -0.1) is 11.8 Å². The maximum Gasteiger partial charge on any atom is 0.323 e. The molecule has 43 heteroatoms. The number of H-pyrrole nitrogens is 1. The van der Waals surface area contributed by atoms with Crippen LogP contribution in [0.4, 0.5) is 0 Å². The van der Waals surface area contributed by atoms with Gasteiger partial charge in [-0.25, -0.2) is 0 Å². The number of aromatic amines is 1. The molecule has 744 valence electrons. The Balaban J connectivity index is 1.22. The number of primary amides is 2. The molecular formula is C93H134N20O22S. The quantitative estimate of drug-likeness (QED) is 0.0295. The number of nitrogens with one attached hydrogen (secondary N) is 10. The molecule has 16 amide bonds. The zero-order valence-corrected chi connectivity index (χ0v) is 79.8. The number of benzene rings is 3. The minimum absolute atomic E-state index is 0.00351. The van der Waals surface area contributed by atoms with E-state index in [0.29, 0.717) is 69.9 Å². The number of nitrogens with two attached hydrogens (primary N) is 4. The number of hydrogen-bond acceptors (Lipinski definition) is 24. The summed E-state index contributed by atoms with van der Waals surface area (Å²) in [5.74, 6) is -19.5. The minimum Gasteiger partial charge on any atom is -0.508 e. The van der Waals surface area contributed by atoms with Crippen LogP contribution in [0, 0.1) is 17.8 Å². The van der Waals surface area contributed by atoms with Gasteiger partial charge in [0.1, 0.15) is 90.5 Å². The van der Waals surface area contributed by atoms with Crippen LogP contribution >= 0.6 is 11.8 Å². The lowest BCUT2D eigenvalue weighted by Gasteiger charge is -2.36. The number of carboxylic acid groups (broad SMARTS) is 1. The number of aliphatic hydroxyl groups excluding tert-OH is 1. The number of hydrogen-bond donors (Lipinski definition) is 17. The third-order valence-corrected chi connectivity index (χ3v) is 25.7. The molecule has 3 saturated heterocycles. The molecule has 21 N–H and O–H groups in total. The van der Waals surface area contributed by atoms with E-state index < -0.39 is 254 Å². The molecule has 0 radical (unpaired) electrons. The first-order valence-electron chi connectivity index (χ1n) is 46.1. The van der Waals surface area contributed by atoms with Crippen LogP contribution in [0.1, 0.15) is 155 Å². The second kappa shape index (κ2) is 51.2. The first kappa shape index (κ1) is 109. The van der Waals surface area contributed by atoms with Crippen molar-refractivity contribution in [2.45, 2.75) is 249 Å². The summed E-state index contributed by atoms with van der Waals surface area (Å²) in [6.07, 6.45) is 0.471. The van der Waals surface area contributed by atoms with Crippen molar-refractivity contribution in [2.75, 3.05) is 72.5 Å². The number of fused-ring (bicyclic) bond motifs is 4. The van der Waals surface area contributed by atoms with E-state index in [2.05, 4.69) is 52.8 Å². The lowest BCUT2D eigenvalue weighted by molar-refractivity contribution is -0.149. The van der Waals surface area contributed by atoms with Crippen molar-refractivity contribution in [1.29, 1.82) is 0 Å². The van der Waals surface area contributed by atoms with Crippen molar-refractivity contribution in [1.82, 2.24) is 81.9 Å². The SMILES string of the molecule is CCCC[C@H]1C(=O)N(C)[C@@H](CCCC)C(=O)N[C@@H](CC(C)C)C(=O)N[C@H](C(=O)NCC(N)=O)CSCC(=O)N[C@@H](Cc2ccc(O)cc2)C(=O)N(C)[C@@H](C)C(=O)N[C@@H](CC(N)=O)C(=O)N2CCC[C@H]2C(=O)N[C@@H](CN)C(=O)N[C@@H](CC(C)C)C(=O)N2C[C@H](O)C[C@H]2C(=O)C[C@@H](Cc2c[nH]c3ccccc23)C(=O)N[C@@H](CCN)C(=O)N[C@@H](Cc2cn(CC(=O)O)c3ccc(OC)cc23)C(=O)N1C. The molecule has 42 nitrogen and oxygen atoms in total. The van der Waals surface area contributed by atoms with Gasteiger partial charge in [-0.05, 0) is 130 Å². The largest absolute Gasteiger partial charge is 0.508 e. The Kier molecular flexibility index (Phi) is 40.9. The van der Waals surface area contributed by atoms with Crippen LogP contribution in [0.5, 0.6) is 11.5 Å². The number of thioether (sulfide) groups is 1. The first-order chi connectivity index (χ1) is 64.5. The van der Waals surface area contributed by atoms with E-state index in [-0.39, 0.29) is 94.9 Å². The molecule has 15 atom stereocenters. The number of Topliss-reactive ketones (excluding diaryl/α,β-unsaturated/α-hetero) is 1. The number of carboxylic acids is 1. The topological polar surface area (TPSA) is 626 Å². The van der Waals surface area contributed by atoms with Crippen LogP contribution in [0.3, 0.4) is 0 Å². The van der Waals surface area contributed by atoms with E-state index in [1.165, 1.54) is 70.2 Å². The third kappa shape index (κ3) is 29.9. The molecule has 0 saturated carbocycles. The van der Waals surface area contributed by atoms with Crippen molar-refractivity contribution in [2.24, 2.45) is 40.7 Å². The van der Waals surface area contributed by atoms with Crippen LogP contribution in [-0.4, -0.2) is 313 Å². The van der Waals surface area contributed by atoms with Gasteiger partial charge >= 0.3 is 5.97 Å². The second-order valence-corrected chi connectivity index (χ2v) is 37.0. The summed E-state index contributed by atoms with van der Waals surface area (Å²) in [5.41, 5.74) is 26.0. The number of likely N-dealkylation sites (N-methyl/N-ethyl adjacent to an activating group) is 3. The van der Waals surface area contributed by atoms with Gasteiger partial charge in [0.2, 0.25) is 94.5 Å². The predicted octanol–water partition coefficient (Wildman–Crippen LogP) is -1.14. The smallest absolute Gasteiger partial charge is 0.323 e. The van der Waals surface area contributed by atoms with Gasteiger partial charge in [-0.1, -0.05) is 97.6 Å². The average molecular weight is 1920 g/mol. The van der Waals surface area contributed by atoms with E-state index in [1.807, 2.05) is 13.8 Å². The Labute approximate surface area is 793 Å². The molecule has 3 aliphatic rings. The third-order valence-electron chi connectivity index (χ3n) is 24.7. The van der Waals surface area contributed by atoms with Crippen LogP contribution in [0.25, 0.3) is 21.8 Å². The summed E-state index contributed by atoms with van der Waals surface area (Å²) < 4.78 is 7.03. The van der Waals surface area contributed by atoms with Crippen LogP contribution in [-0.2, 0) is 112 Å². The van der Waals surface area contributed by atoms with Crippen LogP contribution in [0.15, 0.2) is 79.1 Å². The zero-order valence-electron chi connectivity index (χ0n) is 79.0. The molecule has 0 unspecified atom stereocenters. The maximum absolute atomic E-state index is 16.1. The molecule has 0 aliphatic carbocycles. The van der Waals surface area contributed by atoms with E-state index in [9.17, 15) is 68.1 Å². The Morgan fingerprint density at radius 2 is 1.19 bits per heavy atom. The molecule has 3 aromatic carbocycles. The van der Waals surface area contributed by atoms with Gasteiger partial charge in [0.05, 0.1) is 38.0 Å². The van der Waals surface area contributed by atoms with Gasteiger partial charge in [0, 0.05) is 112 Å². The number of ketones is 1. The number of amides is 16. The van der Waals surface area contributed by atoms with Crippen LogP contribution in [0.2, 0.25) is 0 Å². The fourth-order valence-electron chi connectivity index (χ4n) is 17.2. The van der Waals surface area contributed by atoms with Crippen molar-refractivity contribution in [3.05, 3.63) is 95.8 Å². The Morgan fingerprint density at radius 1 is 0.596 bits per heavy atom. The summed E-state index contributed by atoms with van der Waals surface area (Å²) in [5, 5.41) is 56.8. The summed E-state index contributed by atoms with van der Waals surface area (Å²) in [4.78, 5) is 272. The lowest BCUT2D eigenvalue weighted by atomic mass is 9.90. The van der Waals surface area contributed by atoms with Crippen molar-refractivity contribution >= 4 is 140 Å². The highest BCUT2D eigenvalue weighted by atomic mass is 32.2. The molecule has 0 bridgehead atoms. The normalized spacial score (nSPS) is 24.8. The number of carbonyl (C=O) groups is 18. The van der Waals surface area contributed by atoms with E-state index in [4.69, 9.17) is 27.7 Å². The molecule has 8 rings (SSSR count). The van der Waals surface area contributed by atoms with Gasteiger partial charge in [0.25, 0.3) is 0 Å². The monoisotopic (exact) mass is 1910 g/mol. The van der Waals surface area contributed by atoms with Gasteiger partial charge in [-0.3, -0.25) is 86.3 Å². The van der Waals surface area contributed by atoms with Crippen LogP contribution < -0.4 is 75.5 Å². The number of unbranched alkanes of at least 4 members (excludes halogenated alkanes) is 2. The number of aromatic nitrogens is 2. The number of nitrogens with zero attached hydrogens (tertiary/aromatic N) is 6. The van der Waals surface area contributed by atoms with Crippen molar-refractivity contribution < 1.29 is 106 Å². The van der Waals surface area contributed by atoms with E-state index in [0.717, 1.165) is 36.3 Å². The fourth-order valence-corrected chi connectivity index (χ4v) is 18.1. The number of phenolic OH excluding ortho intramolecular Hbond substituents is 1. The van der Waals surface area contributed by atoms with Gasteiger partial charge in [-0.2, -0.15) is 0 Å². The Bertz CT molecular complexity index is 5120. The maximum atomic E-state index is 16.1. The molecule has 2 aromatic heterocycles. The van der Waals surface area contributed by atoms with Crippen molar-refractivity contribution in [3.8, 4) is 11.5 Å². The number of phenols is 1. The second-order valence-electron chi connectivity index (χ2n) is 36.0. The predicted molar refractivity (Wildman–Crippen MR) is 502 cm³/mol. The Morgan fingerprint density at radius 3 is 1.83 bits per heavy atom. The lowest BCUT2D eigenvalue weighted by Crippen LogP contribution is -2.61.